The molecule has 2 amide bonds. The van der Waals surface area contributed by atoms with Gasteiger partial charge in [-0.1, -0.05) is 18.6 Å². The van der Waals surface area contributed by atoms with E-state index in [0.717, 1.165) is 6.42 Å². The minimum Gasteiger partial charge on any atom is -0.508 e. The Bertz CT molecular complexity index is 871. The number of H-pyrrole nitrogens is 1. The summed E-state index contributed by atoms with van der Waals surface area (Å²) < 4.78 is 0. The van der Waals surface area contributed by atoms with E-state index in [2.05, 4.69) is 20.6 Å². The van der Waals surface area contributed by atoms with E-state index in [9.17, 15) is 24.6 Å². The monoisotopic (exact) mass is 446 g/mol. The molecule has 1 heterocycles. The van der Waals surface area contributed by atoms with E-state index < -0.39 is 35.9 Å². The Hall–Kier alpha value is -3.44. The number of benzene rings is 1. The summed E-state index contributed by atoms with van der Waals surface area (Å²) in [7, 11) is 0. The summed E-state index contributed by atoms with van der Waals surface area (Å²) in [6, 6.07) is 3.05. The van der Waals surface area contributed by atoms with Gasteiger partial charge in [0.1, 0.15) is 17.8 Å². The number of carboxylic acid groups (broad SMARTS) is 1. The van der Waals surface area contributed by atoms with Crippen molar-refractivity contribution in [1.29, 1.82) is 0 Å². The van der Waals surface area contributed by atoms with E-state index in [-0.39, 0.29) is 18.6 Å². The number of carboxylic acids is 1. The van der Waals surface area contributed by atoms with Crippen LogP contribution < -0.4 is 22.1 Å². The number of aromatic amines is 1. The number of nitrogens with zero attached hydrogens (tertiary/aromatic N) is 1. The fourth-order valence-corrected chi connectivity index (χ4v) is 3.08. The summed E-state index contributed by atoms with van der Waals surface area (Å²) >= 11 is 0. The Balaban J connectivity index is 2.12. The maximum absolute atomic E-state index is 13.0. The lowest BCUT2D eigenvalue weighted by Crippen LogP contribution is -2.55. The summed E-state index contributed by atoms with van der Waals surface area (Å²) in [5, 5.41) is 24.1. The second-order valence-corrected chi connectivity index (χ2v) is 7.50. The molecule has 2 rings (SSSR count). The first-order chi connectivity index (χ1) is 15.3. The lowest BCUT2D eigenvalue weighted by Gasteiger charge is -2.23. The molecule has 0 aliphatic heterocycles. The number of rotatable bonds is 13. The van der Waals surface area contributed by atoms with E-state index in [1.165, 1.54) is 24.7 Å². The fraction of sp³-hybridized carbons (Fsp3) is 0.429. The summed E-state index contributed by atoms with van der Waals surface area (Å²) in [4.78, 5) is 43.8. The molecule has 0 fully saturated rings. The van der Waals surface area contributed by atoms with Crippen LogP contribution in [0.4, 0.5) is 0 Å². The highest BCUT2D eigenvalue weighted by Gasteiger charge is 2.28. The number of imidazole rings is 1. The molecular formula is C21H30N6O5. The highest BCUT2D eigenvalue weighted by Crippen LogP contribution is 2.12. The molecule has 0 saturated heterocycles. The van der Waals surface area contributed by atoms with Gasteiger partial charge in [-0.25, -0.2) is 9.78 Å². The summed E-state index contributed by atoms with van der Waals surface area (Å²) in [5.41, 5.74) is 12.6. The molecule has 1 aromatic heterocycles. The number of aromatic nitrogens is 2. The number of aromatic hydroxyl groups is 1. The van der Waals surface area contributed by atoms with Gasteiger partial charge in [0.2, 0.25) is 11.8 Å². The molecule has 11 nitrogen and oxygen atoms in total. The largest absolute Gasteiger partial charge is 0.508 e. The van der Waals surface area contributed by atoms with Gasteiger partial charge < -0.3 is 37.3 Å². The summed E-state index contributed by atoms with van der Waals surface area (Å²) in [5.74, 6) is -2.33. The standard InChI is InChI=1S/C21H30N6O5/c22-8-2-1-3-16(23)19(29)26-17(9-13-4-6-15(28)7-5-13)20(30)27-18(21(31)32)10-14-11-24-12-25-14/h4-7,11-12,16-18,28H,1-3,8-10,22-23H2,(H,24,25)(H,26,29)(H,27,30)(H,31,32)/t16-,17-,18-/m0/s1. The minimum absolute atomic E-state index is 0.000445. The predicted octanol–water partition coefficient (Wildman–Crippen LogP) is -0.589. The van der Waals surface area contributed by atoms with Gasteiger partial charge in [0.05, 0.1) is 12.4 Å². The molecule has 174 valence electrons. The number of nitrogens with one attached hydrogen (secondary N) is 3. The topological polar surface area (TPSA) is 196 Å². The molecule has 0 spiro atoms. The van der Waals surface area contributed by atoms with Gasteiger partial charge in [0.15, 0.2) is 0 Å². The average Bonchev–Trinajstić information content (AvgIpc) is 3.27. The SMILES string of the molecule is NCCCC[C@H](N)C(=O)N[C@@H](Cc1ccc(O)cc1)C(=O)N[C@@H](Cc1cnc[nH]1)C(=O)O. The Labute approximate surface area is 185 Å². The lowest BCUT2D eigenvalue weighted by atomic mass is 10.0. The number of carbonyl (C=O) groups is 3. The summed E-state index contributed by atoms with van der Waals surface area (Å²) in [6.45, 7) is 0.493. The van der Waals surface area contributed by atoms with Crippen molar-refractivity contribution in [3.05, 3.63) is 48.0 Å². The Kier molecular flexibility index (Phi) is 9.64. The third-order valence-corrected chi connectivity index (χ3v) is 4.91. The zero-order chi connectivity index (χ0) is 23.5. The molecule has 11 heteroatoms. The average molecular weight is 447 g/mol. The van der Waals surface area contributed by atoms with Gasteiger partial charge in [0.25, 0.3) is 0 Å². The smallest absolute Gasteiger partial charge is 0.326 e. The van der Waals surface area contributed by atoms with Crippen molar-refractivity contribution in [2.24, 2.45) is 11.5 Å². The zero-order valence-corrected chi connectivity index (χ0v) is 17.7. The Morgan fingerprint density at radius 1 is 1.03 bits per heavy atom. The Morgan fingerprint density at radius 2 is 1.72 bits per heavy atom. The van der Waals surface area contributed by atoms with Gasteiger partial charge in [0, 0.05) is 24.7 Å². The molecule has 0 aliphatic rings. The summed E-state index contributed by atoms with van der Waals surface area (Å²) in [6.07, 6.45) is 4.78. The number of amides is 2. The van der Waals surface area contributed by atoms with E-state index in [1.54, 1.807) is 12.1 Å². The quantitative estimate of drug-likeness (QED) is 0.198. The molecule has 1 aromatic carbocycles. The molecule has 0 unspecified atom stereocenters. The maximum atomic E-state index is 13.0. The van der Waals surface area contributed by atoms with E-state index in [4.69, 9.17) is 11.5 Å². The van der Waals surface area contributed by atoms with Gasteiger partial charge >= 0.3 is 5.97 Å². The van der Waals surface area contributed by atoms with Crippen molar-refractivity contribution in [3.63, 3.8) is 0 Å². The van der Waals surface area contributed by atoms with E-state index in [1.807, 2.05) is 0 Å². The first kappa shape index (κ1) is 24.8. The third-order valence-electron chi connectivity index (χ3n) is 4.91. The number of hydrogen-bond donors (Lipinski definition) is 7. The molecule has 9 N–H and O–H groups in total. The molecular weight excluding hydrogens is 416 g/mol. The first-order valence-corrected chi connectivity index (χ1v) is 10.3. The molecule has 0 saturated carbocycles. The van der Waals surface area contributed by atoms with Crippen LogP contribution in [0, 0.1) is 0 Å². The highest BCUT2D eigenvalue weighted by atomic mass is 16.4. The van der Waals surface area contributed by atoms with Gasteiger partial charge in [-0.05, 0) is 37.1 Å². The zero-order valence-electron chi connectivity index (χ0n) is 17.7. The van der Waals surface area contributed by atoms with E-state index in [0.29, 0.717) is 30.6 Å². The highest BCUT2D eigenvalue weighted by molar-refractivity contribution is 5.92. The molecule has 2 aromatic rings. The van der Waals surface area contributed by atoms with Crippen LogP contribution in [0.2, 0.25) is 0 Å². The predicted molar refractivity (Wildman–Crippen MR) is 116 cm³/mol. The third kappa shape index (κ3) is 8.00. The van der Waals surface area contributed by atoms with Gasteiger partial charge in [-0.2, -0.15) is 0 Å². The first-order valence-electron chi connectivity index (χ1n) is 10.3. The fourth-order valence-electron chi connectivity index (χ4n) is 3.08. The number of phenols is 1. The van der Waals surface area contributed by atoms with Crippen LogP contribution in [0.25, 0.3) is 0 Å². The van der Waals surface area contributed by atoms with Crippen LogP contribution in [0.5, 0.6) is 5.75 Å². The number of carbonyl (C=O) groups excluding carboxylic acids is 2. The molecule has 0 aliphatic carbocycles. The van der Waals surface area contributed by atoms with Crippen LogP contribution in [0.3, 0.4) is 0 Å². The number of unbranched alkanes of at least 4 members (excludes halogenated alkanes) is 1. The van der Waals surface area contributed by atoms with Crippen molar-refractivity contribution >= 4 is 17.8 Å². The molecule has 32 heavy (non-hydrogen) atoms. The van der Waals surface area contributed by atoms with Crippen molar-refractivity contribution in [2.75, 3.05) is 6.54 Å². The van der Waals surface area contributed by atoms with Crippen molar-refractivity contribution in [1.82, 2.24) is 20.6 Å². The van der Waals surface area contributed by atoms with Crippen LogP contribution in [-0.4, -0.2) is 62.6 Å². The van der Waals surface area contributed by atoms with Gasteiger partial charge in [-0.15, -0.1) is 0 Å². The van der Waals surface area contributed by atoms with Crippen LogP contribution in [0.1, 0.15) is 30.5 Å². The second kappa shape index (κ2) is 12.4. The normalized spacial score (nSPS) is 13.7. The second-order valence-electron chi connectivity index (χ2n) is 7.50. The lowest BCUT2D eigenvalue weighted by molar-refractivity contribution is -0.142. The molecule has 0 radical (unpaired) electrons. The van der Waals surface area contributed by atoms with Crippen molar-refractivity contribution in [2.45, 2.75) is 50.2 Å². The number of nitrogens with two attached hydrogens (primary N) is 2. The van der Waals surface area contributed by atoms with Crippen molar-refractivity contribution < 1.29 is 24.6 Å². The molecule has 0 bridgehead atoms. The van der Waals surface area contributed by atoms with E-state index >= 15 is 0 Å². The van der Waals surface area contributed by atoms with Crippen LogP contribution in [0.15, 0.2) is 36.8 Å². The number of phenolic OH excluding ortho intramolecular Hbond substituents is 1. The number of hydrogen-bond acceptors (Lipinski definition) is 7. The Morgan fingerprint density at radius 3 is 2.31 bits per heavy atom. The van der Waals surface area contributed by atoms with Crippen LogP contribution >= 0.6 is 0 Å². The van der Waals surface area contributed by atoms with Crippen molar-refractivity contribution in [3.8, 4) is 5.75 Å². The number of aliphatic carboxylic acids is 1. The maximum Gasteiger partial charge on any atom is 0.326 e. The van der Waals surface area contributed by atoms with Crippen LogP contribution in [-0.2, 0) is 27.2 Å². The molecule has 3 atom stereocenters. The van der Waals surface area contributed by atoms with Gasteiger partial charge in [-0.3, -0.25) is 9.59 Å². The minimum atomic E-state index is -1.22.